The second-order valence-electron chi connectivity index (χ2n) is 9.39. The van der Waals surface area contributed by atoms with Crippen LogP contribution in [0.15, 0.2) is 16.8 Å². The molecule has 0 aromatic carbocycles. The summed E-state index contributed by atoms with van der Waals surface area (Å²) in [5.74, 6) is 1.11. The summed E-state index contributed by atoms with van der Waals surface area (Å²) in [5, 5.41) is 23.3. The quantitative estimate of drug-likeness (QED) is 0.750. The molecule has 0 heterocycles. The Hall–Kier alpha value is -1.36. The number of aliphatic hydroxyl groups is 1. The van der Waals surface area contributed by atoms with Crippen LogP contribution in [0, 0.1) is 28.6 Å². The van der Waals surface area contributed by atoms with Crippen LogP contribution in [0.3, 0.4) is 0 Å². The standard InChI is InChI=1S/C21H31NO4/c1-20-9-7-14(22-26-12-19(24)25)11-13(20)3-4-15-16-5-6-18(23)21(16,2)10-8-17(15)20/h11,15-18,23H,3-10,12H2,1-2H3,(H,24,25)/b22-14+/t15-,16+,17-,18-,20+,21+/m1/s1. The van der Waals surface area contributed by atoms with Gasteiger partial charge in [0.15, 0.2) is 0 Å². The van der Waals surface area contributed by atoms with E-state index in [9.17, 15) is 9.90 Å². The van der Waals surface area contributed by atoms with Gasteiger partial charge in [0, 0.05) is 0 Å². The molecule has 0 radical (unpaired) electrons. The summed E-state index contributed by atoms with van der Waals surface area (Å²) < 4.78 is 0. The van der Waals surface area contributed by atoms with Gasteiger partial charge in [0.05, 0.1) is 11.8 Å². The molecule has 0 amide bonds. The summed E-state index contributed by atoms with van der Waals surface area (Å²) in [7, 11) is 0. The predicted molar refractivity (Wildman–Crippen MR) is 98.7 cm³/mol. The molecule has 0 aromatic rings. The van der Waals surface area contributed by atoms with Crippen molar-refractivity contribution in [3.63, 3.8) is 0 Å². The van der Waals surface area contributed by atoms with Crippen molar-refractivity contribution in [2.75, 3.05) is 6.61 Å². The van der Waals surface area contributed by atoms with Gasteiger partial charge in [-0.15, -0.1) is 0 Å². The Labute approximate surface area is 155 Å². The van der Waals surface area contributed by atoms with E-state index >= 15 is 0 Å². The smallest absolute Gasteiger partial charge is 0.344 e. The Morgan fingerprint density at radius 2 is 2.00 bits per heavy atom. The molecule has 0 bridgehead atoms. The molecule has 0 unspecified atom stereocenters. The monoisotopic (exact) mass is 361 g/mol. The average molecular weight is 361 g/mol. The minimum absolute atomic E-state index is 0.116. The lowest BCUT2D eigenvalue weighted by Gasteiger charge is -2.57. The van der Waals surface area contributed by atoms with Gasteiger partial charge in [-0.25, -0.2) is 4.79 Å². The topological polar surface area (TPSA) is 79.1 Å². The van der Waals surface area contributed by atoms with Gasteiger partial charge in [0.2, 0.25) is 6.61 Å². The SMILES string of the molecule is C[C@]12CC[C@@H]3[C@H](CCC4=C/C(=N/OCC(=O)O)CC[C@@]43C)[C@@H]1CC[C@H]2O. The lowest BCUT2D eigenvalue weighted by molar-refractivity contribution is -0.142. The van der Waals surface area contributed by atoms with Gasteiger partial charge in [-0.3, -0.25) is 0 Å². The zero-order valence-electron chi connectivity index (χ0n) is 15.9. The first-order chi connectivity index (χ1) is 12.3. The fraction of sp³-hybridized carbons (Fsp3) is 0.810. The maximum Gasteiger partial charge on any atom is 0.344 e. The summed E-state index contributed by atoms with van der Waals surface area (Å²) in [6.45, 7) is 4.38. The predicted octanol–water partition coefficient (Wildman–Crippen LogP) is 3.77. The number of allylic oxidation sites excluding steroid dienone is 2. The molecule has 144 valence electrons. The van der Waals surface area contributed by atoms with Crippen molar-refractivity contribution in [2.45, 2.75) is 71.3 Å². The fourth-order valence-electron chi connectivity index (χ4n) is 6.79. The van der Waals surface area contributed by atoms with Crippen LogP contribution in [0.25, 0.3) is 0 Å². The molecular weight excluding hydrogens is 330 g/mol. The van der Waals surface area contributed by atoms with Crippen LogP contribution in [0.2, 0.25) is 0 Å². The molecular formula is C21H31NO4. The maximum atomic E-state index is 10.6. The average Bonchev–Trinajstić information content (AvgIpc) is 2.90. The van der Waals surface area contributed by atoms with Crippen LogP contribution in [0.1, 0.15) is 65.2 Å². The Balaban J connectivity index is 1.55. The number of aliphatic carboxylic acids is 1. The van der Waals surface area contributed by atoms with Gasteiger partial charge < -0.3 is 15.1 Å². The Kier molecular flexibility index (Phi) is 4.41. The highest BCUT2D eigenvalue weighted by Crippen LogP contribution is 2.65. The summed E-state index contributed by atoms with van der Waals surface area (Å²) in [4.78, 5) is 15.5. The third kappa shape index (κ3) is 2.70. The molecule has 3 saturated carbocycles. The van der Waals surface area contributed by atoms with E-state index in [0.29, 0.717) is 11.8 Å². The van der Waals surface area contributed by atoms with E-state index in [1.54, 1.807) is 0 Å². The number of hydrogen-bond donors (Lipinski definition) is 2. The third-order valence-corrected chi connectivity index (χ3v) is 8.30. The highest BCUT2D eigenvalue weighted by atomic mass is 16.6. The van der Waals surface area contributed by atoms with Gasteiger partial charge in [-0.05, 0) is 86.0 Å². The summed E-state index contributed by atoms with van der Waals surface area (Å²) in [6.07, 6.45) is 10.8. The number of rotatable bonds is 3. The molecule has 4 rings (SSSR count). The second kappa shape index (κ2) is 6.36. The molecule has 0 saturated heterocycles. The van der Waals surface area contributed by atoms with E-state index < -0.39 is 5.97 Å². The number of carboxylic acid groups (broad SMARTS) is 1. The van der Waals surface area contributed by atoms with Gasteiger partial charge in [-0.1, -0.05) is 24.6 Å². The van der Waals surface area contributed by atoms with E-state index in [2.05, 4.69) is 25.1 Å². The largest absolute Gasteiger partial charge is 0.479 e. The number of carboxylic acids is 1. The highest BCUT2D eigenvalue weighted by molar-refractivity contribution is 5.96. The van der Waals surface area contributed by atoms with Crippen molar-refractivity contribution in [3.8, 4) is 0 Å². The number of nitrogens with zero attached hydrogens (tertiary/aromatic N) is 1. The van der Waals surface area contributed by atoms with Crippen LogP contribution >= 0.6 is 0 Å². The van der Waals surface area contributed by atoms with Crippen LogP contribution in [-0.2, 0) is 9.63 Å². The molecule has 0 aliphatic heterocycles. The Morgan fingerprint density at radius 1 is 1.19 bits per heavy atom. The van der Waals surface area contributed by atoms with Gasteiger partial charge in [0.1, 0.15) is 0 Å². The first-order valence-corrected chi connectivity index (χ1v) is 10.1. The van der Waals surface area contributed by atoms with E-state index in [4.69, 9.17) is 9.94 Å². The lowest BCUT2D eigenvalue weighted by Crippen LogP contribution is -2.51. The van der Waals surface area contributed by atoms with Crippen LogP contribution < -0.4 is 0 Å². The van der Waals surface area contributed by atoms with Crippen LogP contribution in [-0.4, -0.2) is 34.6 Å². The molecule has 26 heavy (non-hydrogen) atoms. The molecule has 4 aliphatic carbocycles. The van der Waals surface area contributed by atoms with E-state index in [1.807, 2.05) is 0 Å². The number of hydrogen-bond acceptors (Lipinski definition) is 4. The second-order valence-corrected chi connectivity index (χ2v) is 9.39. The number of carbonyl (C=O) groups is 1. The molecule has 2 N–H and O–H groups in total. The third-order valence-electron chi connectivity index (χ3n) is 8.30. The van der Waals surface area contributed by atoms with E-state index in [-0.39, 0.29) is 23.5 Å². The number of aliphatic hydroxyl groups excluding tert-OH is 1. The van der Waals surface area contributed by atoms with Gasteiger partial charge in [0.25, 0.3) is 0 Å². The number of oxime groups is 1. The Morgan fingerprint density at radius 3 is 2.77 bits per heavy atom. The molecule has 5 heteroatoms. The summed E-state index contributed by atoms with van der Waals surface area (Å²) >= 11 is 0. The lowest BCUT2D eigenvalue weighted by atomic mass is 9.47. The summed E-state index contributed by atoms with van der Waals surface area (Å²) in [6, 6.07) is 0. The van der Waals surface area contributed by atoms with Crippen molar-refractivity contribution < 1.29 is 19.8 Å². The van der Waals surface area contributed by atoms with E-state index in [1.165, 1.54) is 24.8 Å². The van der Waals surface area contributed by atoms with Crippen LogP contribution in [0.5, 0.6) is 0 Å². The van der Waals surface area contributed by atoms with Gasteiger partial charge >= 0.3 is 5.97 Å². The summed E-state index contributed by atoms with van der Waals surface area (Å²) in [5.41, 5.74) is 2.72. The fourth-order valence-corrected chi connectivity index (χ4v) is 6.79. The zero-order valence-corrected chi connectivity index (χ0v) is 15.9. The number of fused-ring (bicyclic) bond motifs is 5. The Bertz CT molecular complexity index is 656. The van der Waals surface area contributed by atoms with Crippen molar-refractivity contribution in [2.24, 2.45) is 33.7 Å². The zero-order chi connectivity index (χ0) is 18.5. The van der Waals surface area contributed by atoms with Gasteiger partial charge in [-0.2, -0.15) is 0 Å². The minimum atomic E-state index is -0.993. The molecule has 5 nitrogen and oxygen atoms in total. The first-order valence-electron chi connectivity index (χ1n) is 10.1. The minimum Gasteiger partial charge on any atom is -0.479 e. The van der Waals surface area contributed by atoms with Crippen molar-refractivity contribution in [1.82, 2.24) is 0 Å². The molecule has 0 spiro atoms. The first kappa shape index (κ1) is 18.0. The van der Waals surface area contributed by atoms with E-state index in [0.717, 1.165) is 43.7 Å². The maximum absolute atomic E-state index is 10.6. The van der Waals surface area contributed by atoms with Crippen molar-refractivity contribution in [1.29, 1.82) is 0 Å². The van der Waals surface area contributed by atoms with Crippen LogP contribution in [0.4, 0.5) is 0 Å². The normalized spacial score (nSPS) is 46.1. The highest BCUT2D eigenvalue weighted by Gasteiger charge is 2.58. The molecule has 4 aliphatic rings. The van der Waals surface area contributed by atoms with Crippen molar-refractivity contribution >= 4 is 11.7 Å². The molecule has 6 atom stereocenters. The van der Waals surface area contributed by atoms with Crippen molar-refractivity contribution in [3.05, 3.63) is 11.6 Å². The molecule has 3 fully saturated rings. The molecule has 0 aromatic heterocycles.